The average molecular weight is 452 g/mol. The van der Waals surface area contributed by atoms with Gasteiger partial charge in [-0.1, -0.05) is 0 Å². The minimum absolute atomic E-state index is 0.385. The number of halogens is 2. The van der Waals surface area contributed by atoms with Crippen LogP contribution in [0.25, 0.3) is 0 Å². The van der Waals surface area contributed by atoms with Gasteiger partial charge in [0.1, 0.15) is 4.88 Å². The number of carboxylic acid groups (broad SMARTS) is 1. The van der Waals surface area contributed by atoms with E-state index in [2.05, 4.69) is 43.8 Å². The Morgan fingerprint density at radius 1 is 1.47 bits per heavy atom. The highest BCUT2D eigenvalue weighted by molar-refractivity contribution is 14.1. The zero-order chi connectivity index (χ0) is 14.0. The molecule has 0 unspecified atom stereocenters. The normalized spacial score (nSPS) is 10.5. The quantitative estimate of drug-likeness (QED) is 0.660. The monoisotopic (exact) mass is 451 g/mol. The highest BCUT2D eigenvalue weighted by Crippen LogP contribution is 2.27. The van der Waals surface area contributed by atoms with Crippen molar-refractivity contribution < 1.29 is 9.90 Å². The summed E-state index contributed by atoms with van der Waals surface area (Å²) in [4.78, 5) is 12.3. The molecule has 0 fully saturated rings. The first-order valence-electron chi connectivity index (χ1n) is 5.49. The number of hydrogen-bond donors (Lipinski definition) is 2. The highest BCUT2D eigenvalue weighted by Gasteiger charge is 2.11. The molecule has 0 saturated heterocycles. The number of nitrogens with one attached hydrogen (secondary N) is 1. The number of aryl methyl sites for hydroxylation is 1. The van der Waals surface area contributed by atoms with Crippen LogP contribution in [0.15, 0.2) is 28.7 Å². The van der Waals surface area contributed by atoms with E-state index in [1.807, 2.05) is 25.1 Å². The second-order valence-corrected chi connectivity index (χ2v) is 7.33. The molecule has 0 radical (unpaired) electrons. The van der Waals surface area contributed by atoms with Crippen LogP contribution >= 0.6 is 49.9 Å². The Kier molecular flexibility index (Phi) is 4.86. The van der Waals surface area contributed by atoms with Crippen molar-refractivity contribution in [1.29, 1.82) is 0 Å². The Hall–Kier alpha value is -0.600. The number of carboxylic acids is 1. The van der Waals surface area contributed by atoms with Crippen LogP contribution in [0.1, 0.15) is 20.1 Å². The van der Waals surface area contributed by atoms with Crippen molar-refractivity contribution in [3.05, 3.63) is 47.6 Å². The van der Waals surface area contributed by atoms with Gasteiger partial charge in [0.25, 0.3) is 0 Å². The third kappa shape index (κ3) is 3.70. The fraction of sp³-hybridized carbons (Fsp3) is 0.154. The molecule has 2 aromatic rings. The molecule has 0 aliphatic rings. The predicted octanol–water partition coefficient (Wildman–Crippen LogP) is 4.73. The Morgan fingerprint density at radius 2 is 2.21 bits per heavy atom. The van der Waals surface area contributed by atoms with E-state index in [4.69, 9.17) is 5.11 Å². The van der Waals surface area contributed by atoms with Gasteiger partial charge in [-0.3, -0.25) is 0 Å². The van der Waals surface area contributed by atoms with Crippen molar-refractivity contribution in [2.75, 3.05) is 5.32 Å². The summed E-state index contributed by atoms with van der Waals surface area (Å²) < 4.78 is 2.15. The maximum atomic E-state index is 10.9. The van der Waals surface area contributed by atoms with E-state index in [1.165, 1.54) is 11.3 Å². The van der Waals surface area contributed by atoms with Crippen LogP contribution in [0.4, 0.5) is 5.69 Å². The SMILES string of the molecule is Cc1sc(C(=O)O)cc1CNc1cc(I)ccc1Br. The first-order valence-corrected chi connectivity index (χ1v) is 8.17. The van der Waals surface area contributed by atoms with Gasteiger partial charge < -0.3 is 10.4 Å². The molecule has 0 bridgehead atoms. The van der Waals surface area contributed by atoms with Crippen LogP contribution in [-0.2, 0) is 6.54 Å². The molecule has 2 N–H and O–H groups in total. The molecular weight excluding hydrogens is 441 g/mol. The molecule has 0 atom stereocenters. The largest absolute Gasteiger partial charge is 0.477 e. The van der Waals surface area contributed by atoms with E-state index in [1.54, 1.807) is 6.07 Å². The molecule has 1 heterocycles. The second kappa shape index (κ2) is 6.23. The van der Waals surface area contributed by atoms with Crippen LogP contribution in [0, 0.1) is 10.5 Å². The number of carbonyl (C=O) groups is 1. The first-order chi connectivity index (χ1) is 8.97. The summed E-state index contributed by atoms with van der Waals surface area (Å²) in [6.07, 6.45) is 0. The molecular formula is C13H11BrINO2S. The van der Waals surface area contributed by atoms with Crippen LogP contribution in [0.3, 0.4) is 0 Å². The molecule has 1 aromatic heterocycles. The molecule has 0 saturated carbocycles. The van der Waals surface area contributed by atoms with Crippen molar-refractivity contribution in [2.45, 2.75) is 13.5 Å². The number of thiophene rings is 1. The summed E-state index contributed by atoms with van der Waals surface area (Å²) in [6, 6.07) is 7.79. The molecule has 3 nitrogen and oxygen atoms in total. The second-order valence-electron chi connectivity index (χ2n) is 3.97. The van der Waals surface area contributed by atoms with Crippen molar-refractivity contribution >= 4 is 61.5 Å². The zero-order valence-corrected chi connectivity index (χ0v) is 14.6. The molecule has 100 valence electrons. The van der Waals surface area contributed by atoms with E-state index in [-0.39, 0.29) is 0 Å². The van der Waals surface area contributed by atoms with Crippen LogP contribution in [-0.4, -0.2) is 11.1 Å². The van der Waals surface area contributed by atoms with Crippen molar-refractivity contribution in [3.8, 4) is 0 Å². The Balaban J connectivity index is 2.14. The van der Waals surface area contributed by atoms with Gasteiger partial charge in [-0.15, -0.1) is 11.3 Å². The first kappa shape index (κ1) is 14.8. The van der Waals surface area contributed by atoms with Gasteiger partial charge in [0.15, 0.2) is 0 Å². The van der Waals surface area contributed by atoms with Gasteiger partial charge in [-0.25, -0.2) is 4.79 Å². The van der Waals surface area contributed by atoms with Crippen molar-refractivity contribution in [1.82, 2.24) is 0 Å². The number of hydrogen-bond acceptors (Lipinski definition) is 3. The summed E-state index contributed by atoms with van der Waals surface area (Å²) >= 11 is 7.07. The molecule has 0 amide bonds. The van der Waals surface area contributed by atoms with Crippen LogP contribution in [0.2, 0.25) is 0 Å². The fourth-order valence-electron chi connectivity index (χ4n) is 1.62. The standard InChI is InChI=1S/C13H11BrINO2S/c1-7-8(4-12(19-7)13(17)18)6-16-11-5-9(15)2-3-10(11)14/h2-5,16H,6H2,1H3,(H,17,18). The lowest BCUT2D eigenvalue weighted by molar-refractivity contribution is 0.0702. The number of rotatable bonds is 4. The third-order valence-electron chi connectivity index (χ3n) is 2.63. The zero-order valence-electron chi connectivity index (χ0n) is 10.0. The summed E-state index contributed by atoms with van der Waals surface area (Å²) in [5.41, 5.74) is 2.03. The van der Waals surface area contributed by atoms with E-state index in [9.17, 15) is 4.79 Å². The summed E-state index contributed by atoms with van der Waals surface area (Å²) in [5, 5.41) is 12.3. The van der Waals surface area contributed by atoms with E-state index in [0.717, 1.165) is 24.2 Å². The lowest BCUT2D eigenvalue weighted by Gasteiger charge is -2.08. The lowest BCUT2D eigenvalue weighted by Crippen LogP contribution is -2.00. The molecule has 19 heavy (non-hydrogen) atoms. The Labute approximate surface area is 137 Å². The Bertz CT molecular complexity index is 627. The molecule has 0 aliphatic heterocycles. The minimum atomic E-state index is -0.866. The topological polar surface area (TPSA) is 49.3 Å². The summed E-state index contributed by atoms with van der Waals surface area (Å²) in [7, 11) is 0. The average Bonchev–Trinajstić information content (AvgIpc) is 2.72. The van der Waals surface area contributed by atoms with Gasteiger partial charge >= 0.3 is 5.97 Å². The molecule has 0 spiro atoms. The van der Waals surface area contributed by atoms with Crippen LogP contribution in [0.5, 0.6) is 0 Å². The van der Waals surface area contributed by atoms with E-state index < -0.39 is 5.97 Å². The number of aromatic carboxylic acids is 1. The smallest absolute Gasteiger partial charge is 0.345 e. The third-order valence-corrected chi connectivity index (χ3v) is 5.07. The predicted molar refractivity (Wildman–Crippen MR) is 90.2 cm³/mol. The van der Waals surface area contributed by atoms with Gasteiger partial charge in [-0.05, 0) is 75.3 Å². The molecule has 0 aliphatic carbocycles. The van der Waals surface area contributed by atoms with Gasteiger partial charge in [0.2, 0.25) is 0 Å². The van der Waals surface area contributed by atoms with Crippen molar-refractivity contribution in [2.24, 2.45) is 0 Å². The summed E-state index contributed by atoms with van der Waals surface area (Å²) in [6.45, 7) is 2.56. The fourth-order valence-corrected chi connectivity index (χ4v) is 3.38. The van der Waals surface area contributed by atoms with Gasteiger partial charge in [0.05, 0.1) is 0 Å². The van der Waals surface area contributed by atoms with E-state index in [0.29, 0.717) is 11.4 Å². The van der Waals surface area contributed by atoms with Crippen molar-refractivity contribution in [3.63, 3.8) is 0 Å². The molecule has 2 rings (SSSR count). The number of benzene rings is 1. The molecule has 1 aromatic carbocycles. The van der Waals surface area contributed by atoms with Gasteiger partial charge in [-0.2, -0.15) is 0 Å². The van der Waals surface area contributed by atoms with Gasteiger partial charge in [0, 0.05) is 25.2 Å². The summed E-state index contributed by atoms with van der Waals surface area (Å²) in [5.74, 6) is -0.866. The maximum absolute atomic E-state index is 10.9. The number of anilines is 1. The maximum Gasteiger partial charge on any atom is 0.345 e. The van der Waals surface area contributed by atoms with E-state index >= 15 is 0 Å². The highest BCUT2D eigenvalue weighted by atomic mass is 127. The minimum Gasteiger partial charge on any atom is -0.477 e. The lowest BCUT2D eigenvalue weighted by atomic mass is 10.2. The Morgan fingerprint density at radius 3 is 2.84 bits per heavy atom. The molecule has 6 heteroatoms. The van der Waals surface area contributed by atoms with Crippen LogP contribution < -0.4 is 5.32 Å².